The number of hydrogen-bond donors (Lipinski definition) is 1. The van der Waals surface area contributed by atoms with E-state index in [1.54, 1.807) is 17.1 Å². The fourth-order valence-corrected chi connectivity index (χ4v) is 2.86. The second kappa shape index (κ2) is 6.31. The van der Waals surface area contributed by atoms with Crippen LogP contribution in [0.2, 0.25) is 0 Å². The lowest BCUT2D eigenvalue weighted by Gasteiger charge is -2.20. The van der Waals surface area contributed by atoms with Gasteiger partial charge in [0.2, 0.25) is 5.91 Å². The molecule has 0 spiro atoms. The van der Waals surface area contributed by atoms with E-state index in [0.29, 0.717) is 13.2 Å². The first-order valence-electron chi connectivity index (χ1n) is 7.51. The Morgan fingerprint density at radius 2 is 2.41 bits per heavy atom. The van der Waals surface area contributed by atoms with Gasteiger partial charge in [-0.05, 0) is 19.4 Å². The number of aryl methyl sites for hydroxylation is 1. The van der Waals surface area contributed by atoms with E-state index in [0.717, 1.165) is 12.0 Å². The molecule has 3 atom stereocenters. The largest absolute Gasteiger partial charge is 0.373 e. The fourth-order valence-electron chi connectivity index (χ4n) is 2.86. The second-order valence-electron chi connectivity index (χ2n) is 5.77. The summed E-state index contributed by atoms with van der Waals surface area (Å²) in [6.45, 7) is 3.24. The first kappa shape index (κ1) is 14.8. The van der Waals surface area contributed by atoms with Crippen molar-refractivity contribution in [2.75, 3.05) is 6.61 Å². The van der Waals surface area contributed by atoms with Crippen LogP contribution in [0.1, 0.15) is 25.0 Å². The summed E-state index contributed by atoms with van der Waals surface area (Å²) in [6.07, 6.45) is 7.83. The van der Waals surface area contributed by atoms with Gasteiger partial charge in [-0.2, -0.15) is 10.2 Å². The molecule has 7 nitrogen and oxygen atoms in total. The van der Waals surface area contributed by atoms with Gasteiger partial charge in [0.25, 0.3) is 0 Å². The Labute approximate surface area is 129 Å². The molecule has 0 bridgehead atoms. The molecule has 0 saturated carbocycles. The number of carbonyl (C=O) groups is 1. The Kier molecular flexibility index (Phi) is 4.24. The number of hydrogen-bond acceptors (Lipinski definition) is 4. The van der Waals surface area contributed by atoms with Crippen LogP contribution in [-0.4, -0.2) is 38.1 Å². The smallest absolute Gasteiger partial charge is 0.226 e. The molecule has 2 aromatic rings. The van der Waals surface area contributed by atoms with Crippen molar-refractivity contribution in [1.82, 2.24) is 24.9 Å². The predicted octanol–water partition coefficient (Wildman–Crippen LogP) is 0.899. The average molecular weight is 303 g/mol. The van der Waals surface area contributed by atoms with E-state index >= 15 is 0 Å². The van der Waals surface area contributed by atoms with Crippen LogP contribution in [-0.2, 0) is 23.1 Å². The monoisotopic (exact) mass is 303 g/mol. The number of nitrogens with zero attached hydrogens (tertiary/aromatic N) is 4. The Morgan fingerprint density at radius 1 is 1.55 bits per heavy atom. The summed E-state index contributed by atoms with van der Waals surface area (Å²) < 4.78 is 9.28. The predicted molar refractivity (Wildman–Crippen MR) is 79.8 cm³/mol. The number of rotatable bonds is 5. The Balaban J connectivity index is 1.61. The van der Waals surface area contributed by atoms with Crippen LogP contribution in [0.15, 0.2) is 30.9 Å². The average Bonchev–Trinajstić information content (AvgIpc) is 3.17. The summed E-state index contributed by atoms with van der Waals surface area (Å²) in [5, 5.41) is 11.4. The molecule has 0 radical (unpaired) electrons. The third-order valence-electron chi connectivity index (χ3n) is 3.89. The molecule has 2 aromatic heterocycles. The van der Waals surface area contributed by atoms with Crippen LogP contribution >= 0.6 is 0 Å². The second-order valence-corrected chi connectivity index (χ2v) is 5.77. The lowest BCUT2D eigenvalue weighted by Crippen LogP contribution is -2.40. The highest BCUT2D eigenvalue weighted by Crippen LogP contribution is 2.34. The summed E-state index contributed by atoms with van der Waals surface area (Å²) >= 11 is 0. The van der Waals surface area contributed by atoms with Crippen LogP contribution < -0.4 is 5.32 Å². The molecule has 0 aromatic carbocycles. The zero-order chi connectivity index (χ0) is 15.5. The van der Waals surface area contributed by atoms with Gasteiger partial charge in [-0.3, -0.25) is 14.2 Å². The molecule has 0 aliphatic carbocycles. The summed E-state index contributed by atoms with van der Waals surface area (Å²) in [7, 11) is 1.86. The maximum atomic E-state index is 12.5. The van der Waals surface area contributed by atoms with Crippen molar-refractivity contribution < 1.29 is 9.53 Å². The minimum Gasteiger partial charge on any atom is -0.373 e. The number of amides is 1. The molecule has 1 amide bonds. The first-order chi connectivity index (χ1) is 10.6. The lowest BCUT2D eigenvalue weighted by atomic mass is 9.96. The normalized spacial score (nSPS) is 22.6. The molecule has 3 heterocycles. The number of carbonyl (C=O) groups excluding carboxylic acids is 1. The van der Waals surface area contributed by atoms with Gasteiger partial charge in [0.05, 0.1) is 24.8 Å². The summed E-state index contributed by atoms with van der Waals surface area (Å²) in [5.41, 5.74) is 0.958. The van der Waals surface area contributed by atoms with E-state index < -0.39 is 0 Å². The zero-order valence-electron chi connectivity index (χ0n) is 12.8. The van der Waals surface area contributed by atoms with Crippen molar-refractivity contribution in [2.24, 2.45) is 13.0 Å². The van der Waals surface area contributed by atoms with E-state index in [-0.39, 0.29) is 24.0 Å². The molecule has 1 aliphatic heterocycles. The van der Waals surface area contributed by atoms with Crippen LogP contribution in [0.4, 0.5) is 0 Å². The highest BCUT2D eigenvalue weighted by molar-refractivity contribution is 5.80. The van der Waals surface area contributed by atoms with E-state index in [1.807, 2.05) is 37.1 Å². The third-order valence-corrected chi connectivity index (χ3v) is 3.89. The van der Waals surface area contributed by atoms with Crippen molar-refractivity contribution in [3.8, 4) is 0 Å². The van der Waals surface area contributed by atoms with Gasteiger partial charge in [0.1, 0.15) is 0 Å². The summed E-state index contributed by atoms with van der Waals surface area (Å²) in [6, 6.07) is 1.89. The molecule has 1 fully saturated rings. The molecule has 118 valence electrons. The highest BCUT2D eigenvalue weighted by Gasteiger charge is 2.36. The number of ether oxygens (including phenoxy) is 1. The topological polar surface area (TPSA) is 74.0 Å². The van der Waals surface area contributed by atoms with Crippen molar-refractivity contribution in [3.63, 3.8) is 0 Å². The molecule has 7 heteroatoms. The van der Waals surface area contributed by atoms with Crippen molar-refractivity contribution >= 4 is 5.91 Å². The SMILES string of the molecule is C[C@H](Cn1cccn1)NC(=O)[C@H]1CCO[C@@H]1c1cnn(C)c1. The quantitative estimate of drug-likeness (QED) is 0.890. The van der Waals surface area contributed by atoms with E-state index in [2.05, 4.69) is 15.5 Å². The maximum Gasteiger partial charge on any atom is 0.226 e. The molecule has 1 aliphatic rings. The van der Waals surface area contributed by atoms with Gasteiger partial charge in [-0.25, -0.2) is 0 Å². The van der Waals surface area contributed by atoms with Crippen molar-refractivity contribution in [2.45, 2.75) is 32.0 Å². The molecular weight excluding hydrogens is 282 g/mol. The Bertz CT molecular complexity index is 622. The zero-order valence-corrected chi connectivity index (χ0v) is 12.8. The Morgan fingerprint density at radius 3 is 3.09 bits per heavy atom. The summed E-state index contributed by atoms with van der Waals surface area (Å²) in [5.74, 6) is -0.129. The van der Waals surface area contributed by atoms with Crippen LogP contribution in [0.3, 0.4) is 0 Å². The van der Waals surface area contributed by atoms with E-state index in [9.17, 15) is 4.79 Å². The highest BCUT2D eigenvalue weighted by atomic mass is 16.5. The molecule has 0 unspecified atom stereocenters. The van der Waals surface area contributed by atoms with Gasteiger partial charge in [-0.1, -0.05) is 0 Å². The maximum absolute atomic E-state index is 12.5. The number of nitrogens with one attached hydrogen (secondary N) is 1. The summed E-state index contributed by atoms with van der Waals surface area (Å²) in [4.78, 5) is 12.5. The van der Waals surface area contributed by atoms with Gasteiger partial charge in [-0.15, -0.1) is 0 Å². The third kappa shape index (κ3) is 3.19. The molecular formula is C15H21N5O2. The van der Waals surface area contributed by atoms with Crippen molar-refractivity contribution in [1.29, 1.82) is 0 Å². The standard InChI is InChI=1S/C15H21N5O2/c1-11(9-20-6-3-5-16-20)18-15(21)13-4-7-22-14(13)12-8-17-19(2)10-12/h3,5-6,8,10-11,13-14H,4,7,9H2,1-2H3,(H,18,21)/t11-,13+,14-/m1/s1. The van der Waals surface area contributed by atoms with Gasteiger partial charge < -0.3 is 10.1 Å². The van der Waals surface area contributed by atoms with Gasteiger partial charge in [0, 0.05) is 43.9 Å². The van der Waals surface area contributed by atoms with Crippen LogP contribution in [0.5, 0.6) is 0 Å². The van der Waals surface area contributed by atoms with Crippen LogP contribution in [0, 0.1) is 5.92 Å². The Hall–Kier alpha value is -2.15. The number of aromatic nitrogens is 4. The lowest BCUT2D eigenvalue weighted by molar-refractivity contribution is -0.127. The fraction of sp³-hybridized carbons (Fsp3) is 0.533. The first-order valence-corrected chi connectivity index (χ1v) is 7.51. The minimum atomic E-state index is -0.203. The van der Waals surface area contributed by atoms with Crippen molar-refractivity contribution in [3.05, 3.63) is 36.4 Å². The minimum absolute atomic E-state index is 0.0162. The van der Waals surface area contributed by atoms with E-state index in [4.69, 9.17) is 4.74 Å². The van der Waals surface area contributed by atoms with Crippen LogP contribution in [0.25, 0.3) is 0 Å². The molecule has 1 N–H and O–H groups in total. The molecule has 1 saturated heterocycles. The van der Waals surface area contributed by atoms with E-state index in [1.165, 1.54) is 0 Å². The molecule has 3 rings (SSSR count). The molecule has 22 heavy (non-hydrogen) atoms. The van der Waals surface area contributed by atoms with Gasteiger partial charge >= 0.3 is 0 Å². The van der Waals surface area contributed by atoms with Gasteiger partial charge in [0.15, 0.2) is 0 Å².